The molecule has 0 aliphatic rings. The third-order valence-corrected chi connectivity index (χ3v) is 9.18. The van der Waals surface area contributed by atoms with Gasteiger partial charge in [-0.25, -0.2) is 4.79 Å². The Labute approximate surface area is 225 Å². The van der Waals surface area contributed by atoms with E-state index in [0.717, 1.165) is 44.6 Å². The molecule has 1 N–H and O–H groups in total. The van der Waals surface area contributed by atoms with Crippen molar-refractivity contribution in [2.75, 3.05) is 26.4 Å². The summed E-state index contributed by atoms with van der Waals surface area (Å²) < 4.78 is 31.5. The summed E-state index contributed by atoms with van der Waals surface area (Å²) in [5.41, 5.74) is 0.309. The number of hydrogen-bond acceptors (Lipinski definition) is 6. The van der Waals surface area contributed by atoms with Gasteiger partial charge in [0.15, 0.2) is 17.2 Å². The second-order valence-corrected chi connectivity index (χ2v) is 11.7. The van der Waals surface area contributed by atoms with Crippen LogP contribution in [-0.4, -0.2) is 52.0 Å². The molecule has 212 valence electrons. The van der Waals surface area contributed by atoms with Gasteiger partial charge in [-0.3, -0.25) is 0 Å². The highest BCUT2D eigenvalue weighted by molar-refractivity contribution is 6.62. The van der Waals surface area contributed by atoms with Crippen molar-refractivity contribution in [1.82, 2.24) is 0 Å². The summed E-state index contributed by atoms with van der Waals surface area (Å²) in [6.07, 6.45) is 13.5. The zero-order valence-corrected chi connectivity index (χ0v) is 24.8. The van der Waals surface area contributed by atoms with Gasteiger partial charge >= 0.3 is 14.8 Å². The molecule has 1 rings (SSSR count). The van der Waals surface area contributed by atoms with Crippen LogP contribution in [0.3, 0.4) is 0 Å². The Bertz CT molecular complexity index is 752. The van der Waals surface area contributed by atoms with Gasteiger partial charge < -0.3 is 27.9 Å². The molecule has 0 bridgehead atoms. The number of carboxylic acid groups (broad SMARTS) is 1. The van der Waals surface area contributed by atoms with Crippen molar-refractivity contribution in [3.05, 3.63) is 29.8 Å². The van der Waals surface area contributed by atoms with Gasteiger partial charge in [0.2, 0.25) is 0 Å². The first-order valence-electron chi connectivity index (χ1n) is 14.2. The average Bonchev–Trinajstić information content (AvgIpc) is 2.87. The minimum atomic E-state index is -3.19. The van der Waals surface area contributed by atoms with Crippen LogP contribution in [0.4, 0.5) is 0 Å². The van der Waals surface area contributed by atoms with Crippen molar-refractivity contribution in [3.63, 3.8) is 0 Å². The molecule has 0 aliphatic carbocycles. The number of rotatable bonds is 23. The van der Waals surface area contributed by atoms with Gasteiger partial charge in [0.25, 0.3) is 0 Å². The van der Waals surface area contributed by atoms with Crippen molar-refractivity contribution < 1.29 is 32.7 Å². The van der Waals surface area contributed by atoms with Crippen LogP contribution in [0.25, 0.3) is 6.08 Å². The number of benzene rings is 1. The van der Waals surface area contributed by atoms with E-state index in [2.05, 4.69) is 13.8 Å². The summed E-state index contributed by atoms with van der Waals surface area (Å²) in [5, 5.41) is 9.09. The number of carboxylic acids is 1. The third kappa shape index (κ3) is 13.0. The van der Waals surface area contributed by atoms with Crippen LogP contribution in [0.2, 0.25) is 0 Å². The molecule has 1 aromatic carbocycles. The first kappa shape index (κ1) is 33.2. The molecule has 0 saturated carbocycles. The number of hydrogen-bond donors (Lipinski definition) is 1. The molecule has 0 amide bonds. The summed E-state index contributed by atoms with van der Waals surface area (Å²) in [5.74, 6) is 0.184. The lowest BCUT2D eigenvalue weighted by atomic mass is 10.1. The summed E-state index contributed by atoms with van der Waals surface area (Å²) in [7, 11) is -3.19. The van der Waals surface area contributed by atoms with Crippen LogP contribution in [0.15, 0.2) is 24.3 Å². The predicted octanol–water partition coefficient (Wildman–Crippen LogP) is 7.44. The molecule has 0 aromatic heterocycles. The standard InChI is InChI=1S/C29H50O7Si/c1-6-11-13-15-16-18-29(37(33-8-3,34-9-4)35-10-5)36-27-24-25(20-22-28(30)31)19-21-26(27)32-23-17-14-12-7-2/h19-22,24,29H,6-18,23H2,1-5H3,(H,30,31)/b22-20+. The van der Waals surface area contributed by atoms with E-state index in [4.69, 9.17) is 27.9 Å². The molecule has 7 nitrogen and oxygen atoms in total. The minimum absolute atomic E-state index is 0.407. The zero-order valence-electron chi connectivity index (χ0n) is 23.8. The Kier molecular flexibility index (Phi) is 18.0. The first-order chi connectivity index (χ1) is 18.0. The van der Waals surface area contributed by atoms with E-state index in [1.54, 1.807) is 6.08 Å². The highest BCUT2D eigenvalue weighted by Crippen LogP contribution is 2.34. The van der Waals surface area contributed by atoms with Crippen LogP contribution in [0.1, 0.15) is 104 Å². The van der Waals surface area contributed by atoms with Gasteiger partial charge in [-0.1, -0.05) is 64.9 Å². The summed E-state index contributed by atoms with van der Waals surface area (Å²) in [4.78, 5) is 11.1. The predicted molar refractivity (Wildman–Crippen MR) is 151 cm³/mol. The quantitative estimate of drug-likeness (QED) is 0.0880. The molecule has 37 heavy (non-hydrogen) atoms. The van der Waals surface area contributed by atoms with E-state index in [1.807, 2.05) is 39.0 Å². The topological polar surface area (TPSA) is 83.5 Å². The van der Waals surface area contributed by atoms with Crippen LogP contribution in [-0.2, 0) is 18.1 Å². The Morgan fingerprint density at radius 1 is 0.838 bits per heavy atom. The third-order valence-electron chi connectivity index (χ3n) is 5.91. The fourth-order valence-corrected chi connectivity index (χ4v) is 6.96. The fourth-order valence-electron chi connectivity index (χ4n) is 4.12. The van der Waals surface area contributed by atoms with Gasteiger partial charge in [0.1, 0.15) is 0 Å². The van der Waals surface area contributed by atoms with Crippen molar-refractivity contribution in [3.8, 4) is 11.5 Å². The summed E-state index contributed by atoms with van der Waals surface area (Å²) in [6, 6.07) is 5.51. The molecule has 0 fully saturated rings. The number of aliphatic carboxylic acids is 1. The molecule has 0 radical (unpaired) electrons. The molecular weight excluding hydrogens is 488 g/mol. The average molecular weight is 539 g/mol. The van der Waals surface area contributed by atoms with Crippen molar-refractivity contribution in [2.24, 2.45) is 0 Å². The van der Waals surface area contributed by atoms with Gasteiger partial charge in [-0.05, 0) is 63.8 Å². The van der Waals surface area contributed by atoms with E-state index in [1.165, 1.54) is 25.7 Å². The van der Waals surface area contributed by atoms with E-state index in [-0.39, 0.29) is 0 Å². The Morgan fingerprint density at radius 2 is 1.43 bits per heavy atom. The maximum absolute atomic E-state index is 11.1. The van der Waals surface area contributed by atoms with Gasteiger partial charge in [0.05, 0.1) is 6.61 Å². The number of ether oxygens (including phenoxy) is 2. The van der Waals surface area contributed by atoms with E-state index >= 15 is 0 Å². The number of carbonyl (C=O) groups is 1. The van der Waals surface area contributed by atoms with Gasteiger partial charge in [-0.15, -0.1) is 0 Å². The smallest absolute Gasteiger partial charge is 0.490 e. The Hall–Kier alpha value is -1.87. The Balaban J connectivity index is 3.32. The monoisotopic (exact) mass is 538 g/mol. The Morgan fingerprint density at radius 3 is 2.00 bits per heavy atom. The van der Waals surface area contributed by atoms with E-state index in [0.29, 0.717) is 43.5 Å². The van der Waals surface area contributed by atoms with Crippen LogP contribution in [0, 0.1) is 0 Å². The van der Waals surface area contributed by atoms with Crippen molar-refractivity contribution in [1.29, 1.82) is 0 Å². The zero-order chi connectivity index (χ0) is 27.4. The highest BCUT2D eigenvalue weighted by atomic mass is 28.4. The summed E-state index contributed by atoms with van der Waals surface area (Å²) in [6.45, 7) is 12.2. The minimum Gasteiger partial charge on any atom is -0.490 e. The second kappa shape index (κ2) is 20.1. The maximum Gasteiger partial charge on any atom is 0.543 e. The van der Waals surface area contributed by atoms with E-state index < -0.39 is 20.5 Å². The summed E-state index contributed by atoms with van der Waals surface area (Å²) >= 11 is 0. The van der Waals surface area contributed by atoms with Crippen molar-refractivity contribution in [2.45, 2.75) is 105 Å². The van der Waals surface area contributed by atoms with Gasteiger partial charge in [-0.2, -0.15) is 0 Å². The van der Waals surface area contributed by atoms with E-state index in [9.17, 15) is 4.79 Å². The lowest BCUT2D eigenvalue weighted by molar-refractivity contribution is -0.131. The molecular formula is C29H50O7Si. The highest BCUT2D eigenvalue weighted by Gasteiger charge is 2.51. The largest absolute Gasteiger partial charge is 0.543 e. The number of unbranched alkanes of at least 4 members (excludes halogenated alkanes) is 7. The van der Waals surface area contributed by atoms with Crippen molar-refractivity contribution >= 4 is 20.8 Å². The molecule has 1 atom stereocenters. The fraction of sp³-hybridized carbons (Fsp3) is 0.690. The molecule has 1 unspecified atom stereocenters. The van der Waals surface area contributed by atoms with Crippen LogP contribution < -0.4 is 9.47 Å². The molecule has 0 heterocycles. The molecule has 0 spiro atoms. The molecule has 8 heteroatoms. The molecule has 0 aliphatic heterocycles. The van der Waals surface area contributed by atoms with Crippen LogP contribution >= 0.6 is 0 Å². The second-order valence-electron chi connectivity index (χ2n) is 9.00. The van der Waals surface area contributed by atoms with Crippen LogP contribution in [0.5, 0.6) is 11.5 Å². The lowest BCUT2D eigenvalue weighted by Gasteiger charge is -2.35. The first-order valence-corrected chi connectivity index (χ1v) is 16.0. The lowest BCUT2D eigenvalue weighted by Crippen LogP contribution is -2.59. The van der Waals surface area contributed by atoms with Gasteiger partial charge in [0, 0.05) is 25.9 Å². The normalized spacial score (nSPS) is 12.7. The molecule has 0 saturated heterocycles. The molecule has 1 aromatic rings. The maximum atomic E-state index is 11.1. The SMILES string of the molecule is CCCCCCCC(Oc1cc(/C=C/C(=O)O)ccc1OCCCCCC)[Si](OCC)(OCC)OCC.